The first-order chi connectivity index (χ1) is 14.1. The largest absolute Gasteiger partial charge is 0.534 e. The van der Waals surface area contributed by atoms with Crippen LogP contribution in [0.2, 0.25) is 0 Å². The van der Waals surface area contributed by atoms with Crippen molar-refractivity contribution >= 4 is 10.1 Å². The fraction of sp³-hybridized carbons (Fsp3) is 0.217. The van der Waals surface area contributed by atoms with E-state index in [9.17, 15) is 21.6 Å². The maximum Gasteiger partial charge on any atom is 0.534 e. The molecule has 0 aliphatic heterocycles. The molecule has 0 aliphatic carbocycles. The van der Waals surface area contributed by atoms with E-state index < -0.39 is 15.6 Å². The summed E-state index contributed by atoms with van der Waals surface area (Å²) >= 11 is 0. The molecule has 0 saturated heterocycles. The van der Waals surface area contributed by atoms with Crippen LogP contribution in [-0.4, -0.2) is 13.9 Å². The first-order valence-corrected chi connectivity index (χ1v) is 10.7. The topological polar surface area (TPSA) is 43.4 Å². The highest BCUT2D eigenvalue weighted by molar-refractivity contribution is 7.88. The van der Waals surface area contributed by atoms with Gasteiger partial charge in [-0.3, -0.25) is 0 Å². The minimum absolute atomic E-state index is 0.0388. The van der Waals surface area contributed by atoms with Crippen molar-refractivity contribution in [3.05, 3.63) is 101 Å². The number of aryl methyl sites for hydroxylation is 2. The highest BCUT2D eigenvalue weighted by Gasteiger charge is 2.48. The maximum atomic E-state index is 12.7. The predicted molar refractivity (Wildman–Crippen MR) is 110 cm³/mol. The van der Waals surface area contributed by atoms with Crippen LogP contribution >= 0.6 is 0 Å². The van der Waals surface area contributed by atoms with Gasteiger partial charge in [-0.2, -0.15) is 21.6 Å². The minimum Gasteiger partial charge on any atom is -0.375 e. The SMILES string of the molecule is Cc1cc(CC(c2ccccc2)c2ccccc2)cc(C)c1OS(=O)(=O)C(F)(F)F. The summed E-state index contributed by atoms with van der Waals surface area (Å²) < 4.78 is 65.3. The molecule has 0 saturated carbocycles. The third-order valence-corrected chi connectivity index (χ3v) is 5.79. The molecule has 0 spiro atoms. The Bertz CT molecular complexity index is 1050. The molecule has 3 aromatic rings. The Morgan fingerprint density at radius 2 is 1.27 bits per heavy atom. The van der Waals surface area contributed by atoms with Crippen molar-refractivity contribution < 1.29 is 25.8 Å². The molecule has 3 aromatic carbocycles. The van der Waals surface area contributed by atoms with Gasteiger partial charge in [0, 0.05) is 5.92 Å². The molecule has 0 unspecified atom stereocenters. The molecule has 3 nitrogen and oxygen atoms in total. The van der Waals surface area contributed by atoms with Crippen LogP contribution in [0, 0.1) is 13.8 Å². The summed E-state index contributed by atoms with van der Waals surface area (Å²) in [5.41, 5.74) is -1.72. The Balaban J connectivity index is 1.96. The standard InChI is InChI=1S/C23H21F3O3S/c1-16-13-18(14-17(2)22(16)29-30(27,28)23(24,25)26)15-21(19-9-5-3-6-10-19)20-11-7-4-8-12-20/h3-14,21H,15H2,1-2H3. The van der Waals surface area contributed by atoms with Crippen LogP contribution in [0.1, 0.15) is 33.7 Å². The van der Waals surface area contributed by atoms with E-state index in [-0.39, 0.29) is 11.7 Å². The third kappa shape index (κ3) is 4.84. The number of halogens is 3. The first kappa shape index (κ1) is 21.9. The number of rotatable bonds is 6. The zero-order valence-corrected chi connectivity index (χ0v) is 17.3. The van der Waals surface area contributed by atoms with Crippen LogP contribution in [0.25, 0.3) is 0 Å². The van der Waals surface area contributed by atoms with E-state index >= 15 is 0 Å². The number of hydrogen-bond donors (Lipinski definition) is 0. The monoisotopic (exact) mass is 434 g/mol. The fourth-order valence-electron chi connectivity index (χ4n) is 3.48. The molecule has 0 N–H and O–H groups in total. The lowest BCUT2D eigenvalue weighted by atomic mass is 9.85. The van der Waals surface area contributed by atoms with Gasteiger partial charge in [-0.15, -0.1) is 0 Å². The Hall–Kier alpha value is -2.80. The van der Waals surface area contributed by atoms with E-state index in [1.54, 1.807) is 12.1 Å². The Labute approximate surface area is 174 Å². The van der Waals surface area contributed by atoms with Crippen LogP contribution < -0.4 is 4.18 Å². The molecule has 3 rings (SSSR count). The van der Waals surface area contributed by atoms with E-state index in [4.69, 9.17) is 0 Å². The van der Waals surface area contributed by atoms with E-state index in [1.807, 2.05) is 60.7 Å². The summed E-state index contributed by atoms with van der Waals surface area (Å²) in [5, 5.41) is 0. The second-order valence-electron chi connectivity index (χ2n) is 7.12. The molecule has 0 bridgehead atoms. The summed E-state index contributed by atoms with van der Waals surface area (Å²) in [6.45, 7) is 3.08. The first-order valence-electron chi connectivity index (χ1n) is 9.29. The lowest BCUT2D eigenvalue weighted by Gasteiger charge is -2.20. The van der Waals surface area contributed by atoms with Crippen molar-refractivity contribution in [3.63, 3.8) is 0 Å². The molecular formula is C23H21F3O3S. The molecule has 0 heterocycles. The molecule has 0 aliphatic rings. The molecule has 30 heavy (non-hydrogen) atoms. The highest BCUT2D eigenvalue weighted by Crippen LogP contribution is 2.34. The smallest absolute Gasteiger partial charge is 0.375 e. The van der Waals surface area contributed by atoms with Gasteiger partial charge in [0.1, 0.15) is 5.75 Å². The zero-order chi connectivity index (χ0) is 21.9. The van der Waals surface area contributed by atoms with E-state index in [1.165, 1.54) is 13.8 Å². The van der Waals surface area contributed by atoms with Crippen molar-refractivity contribution in [2.24, 2.45) is 0 Å². The van der Waals surface area contributed by atoms with Gasteiger partial charge in [-0.1, -0.05) is 72.8 Å². The minimum atomic E-state index is -5.72. The molecule has 7 heteroatoms. The van der Waals surface area contributed by atoms with Gasteiger partial charge in [-0.25, -0.2) is 0 Å². The molecule has 0 atom stereocenters. The van der Waals surface area contributed by atoms with Gasteiger partial charge in [0.2, 0.25) is 0 Å². The quantitative estimate of drug-likeness (QED) is 0.358. The van der Waals surface area contributed by atoms with Crippen LogP contribution in [0.15, 0.2) is 72.8 Å². The van der Waals surface area contributed by atoms with Crippen LogP contribution in [0.4, 0.5) is 13.2 Å². The van der Waals surface area contributed by atoms with Crippen molar-refractivity contribution in [1.29, 1.82) is 0 Å². The number of alkyl halides is 3. The average molecular weight is 434 g/mol. The Morgan fingerprint density at radius 3 is 1.67 bits per heavy atom. The Morgan fingerprint density at radius 1 is 0.833 bits per heavy atom. The predicted octanol–water partition coefficient (Wildman–Crippen LogP) is 5.91. The molecule has 158 valence electrons. The summed E-state index contributed by atoms with van der Waals surface area (Å²) in [6.07, 6.45) is 0.599. The summed E-state index contributed by atoms with van der Waals surface area (Å²) in [4.78, 5) is 0. The summed E-state index contributed by atoms with van der Waals surface area (Å²) in [5.74, 6) is -0.246. The fourth-order valence-corrected chi connectivity index (χ4v) is 4.06. The molecule has 0 amide bonds. The van der Waals surface area contributed by atoms with Crippen LogP contribution in [0.3, 0.4) is 0 Å². The zero-order valence-electron chi connectivity index (χ0n) is 16.5. The second-order valence-corrected chi connectivity index (χ2v) is 8.66. The maximum absolute atomic E-state index is 12.7. The lowest BCUT2D eigenvalue weighted by Crippen LogP contribution is -2.28. The van der Waals surface area contributed by atoms with E-state index in [2.05, 4.69) is 4.18 Å². The van der Waals surface area contributed by atoms with Crippen molar-refractivity contribution in [2.45, 2.75) is 31.7 Å². The summed E-state index contributed by atoms with van der Waals surface area (Å²) in [6, 6.07) is 23.2. The summed E-state index contributed by atoms with van der Waals surface area (Å²) in [7, 11) is -5.72. The lowest BCUT2D eigenvalue weighted by molar-refractivity contribution is -0.0500. The van der Waals surface area contributed by atoms with E-state index in [0.717, 1.165) is 16.7 Å². The van der Waals surface area contributed by atoms with Crippen molar-refractivity contribution in [2.75, 3.05) is 0 Å². The number of benzene rings is 3. The van der Waals surface area contributed by atoms with Gasteiger partial charge < -0.3 is 4.18 Å². The van der Waals surface area contributed by atoms with Crippen molar-refractivity contribution in [1.82, 2.24) is 0 Å². The normalized spacial score (nSPS) is 12.2. The Kier molecular flexibility index (Phi) is 6.22. The van der Waals surface area contributed by atoms with Crippen molar-refractivity contribution in [3.8, 4) is 5.75 Å². The highest BCUT2D eigenvalue weighted by atomic mass is 32.2. The van der Waals surface area contributed by atoms with Gasteiger partial charge in [0.25, 0.3) is 0 Å². The number of hydrogen-bond acceptors (Lipinski definition) is 3. The van der Waals surface area contributed by atoms with E-state index in [0.29, 0.717) is 17.5 Å². The second kappa shape index (κ2) is 8.52. The molecule has 0 aromatic heterocycles. The molecule has 0 fully saturated rings. The molecular weight excluding hydrogens is 413 g/mol. The third-order valence-electron chi connectivity index (χ3n) is 4.84. The average Bonchev–Trinajstić information content (AvgIpc) is 2.69. The molecule has 0 radical (unpaired) electrons. The van der Waals surface area contributed by atoms with Gasteiger partial charge in [-0.05, 0) is 48.1 Å². The van der Waals surface area contributed by atoms with Gasteiger partial charge in [0.15, 0.2) is 0 Å². The van der Waals surface area contributed by atoms with Crippen LogP contribution in [0.5, 0.6) is 5.75 Å². The van der Waals surface area contributed by atoms with Gasteiger partial charge >= 0.3 is 15.6 Å². The van der Waals surface area contributed by atoms with Crippen LogP contribution in [-0.2, 0) is 16.5 Å². The van der Waals surface area contributed by atoms with Gasteiger partial charge in [0.05, 0.1) is 0 Å².